The molecule has 0 aliphatic heterocycles. The highest BCUT2D eigenvalue weighted by Crippen LogP contribution is 2.18. The van der Waals surface area contributed by atoms with Gasteiger partial charge in [0.25, 0.3) is 0 Å². The van der Waals surface area contributed by atoms with Gasteiger partial charge in [0.15, 0.2) is 0 Å². The van der Waals surface area contributed by atoms with Gasteiger partial charge in [-0.1, -0.05) is 24.3 Å². The van der Waals surface area contributed by atoms with E-state index in [1.165, 1.54) is 6.42 Å². The number of nitrogens with two attached hydrogens (primary N) is 1. The van der Waals surface area contributed by atoms with Crippen LogP contribution in [0.4, 0.5) is 4.79 Å². The molecule has 1 fully saturated rings. The molecule has 2 amide bonds. The quantitative estimate of drug-likeness (QED) is 0.853. The van der Waals surface area contributed by atoms with Crippen LogP contribution in [0.2, 0.25) is 0 Å². The second-order valence-electron chi connectivity index (χ2n) is 4.95. The Morgan fingerprint density at radius 1 is 1.33 bits per heavy atom. The van der Waals surface area contributed by atoms with Crippen LogP contribution < -0.4 is 11.1 Å². The van der Waals surface area contributed by atoms with E-state index in [0.29, 0.717) is 19.1 Å². The molecule has 98 valence electrons. The monoisotopic (exact) mass is 247 g/mol. The molecule has 1 aromatic carbocycles. The van der Waals surface area contributed by atoms with E-state index >= 15 is 0 Å². The van der Waals surface area contributed by atoms with Crippen molar-refractivity contribution in [2.75, 3.05) is 7.05 Å². The third-order valence-electron chi connectivity index (χ3n) is 3.46. The van der Waals surface area contributed by atoms with Gasteiger partial charge in [-0.2, -0.15) is 0 Å². The predicted octanol–water partition coefficient (Wildman–Crippen LogP) is 1.84. The van der Waals surface area contributed by atoms with Crippen LogP contribution >= 0.6 is 0 Å². The molecule has 4 nitrogen and oxygen atoms in total. The first-order valence-electron chi connectivity index (χ1n) is 6.48. The van der Waals surface area contributed by atoms with Crippen molar-refractivity contribution in [2.24, 2.45) is 5.73 Å². The summed E-state index contributed by atoms with van der Waals surface area (Å²) < 4.78 is 0. The summed E-state index contributed by atoms with van der Waals surface area (Å²) in [5.41, 5.74) is 7.79. The molecule has 1 aliphatic carbocycles. The first-order chi connectivity index (χ1) is 8.69. The molecule has 0 bridgehead atoms. The Bertz CT molecular complexity index is 398. The Kier molecular flexibility index (Phi) is 4.20. The Labute approximate surface area is 108 Å². The molecule has 1 saturated carbocycles. The standard InChI is InChI=1S/C14H21N3O/c1-17(14(18)16-13-3-2-4-13)10-12-7-5-11(9-15)6-8-12/h5-8,13H,2-4,9-10,15H2,1H3,(H,16,18). The summed E-state index contributed by atoms with van der Waals surface area (Å²) in [5, 5.41) is 3.03. The zero-order valence-electron chi connectivity index (χ0n) is 10.9. The van der Waals surface area contributed by atoms with E-state index in [1.807, 2.05) is 31.3 Å². The molecule has 0 spiro atoms. The number of hydrogen-bond donors (Lipinski definition) is 2. The van der Waals surface area contributed by atoms with Crippen molar-refractivity contribution >= 4 is 6.03 Å². The van der Waals surface area contributed by atoms with Gasteiger partial charge in [0, 0.05) is 26.2 Å². The van der Waals surface area contributed by atoms with Gasteiger partial charge in [0.1, 0.15) is 0 Å². The molecule has 0 aromatic heterocycles. The normalized spacial score (nSPS) is 15.0. The van der Waals surface area contributed by atoms with Gasteiger partial charge < -0.3 is 16.0 Å². The maximum absolute atomic E-state index is 11.9. The zero-order valence-corrected chi connectivity index (χ0v) is 10.9. The zero-order chi connectivity index (χ0) is 13.0. The van der Waals surface area contributed by atoms with E-state index in [2.05, 4.69) is 5.32 Å². The molecule has 2 rings (SSSR count). The van der Waals surface area contributed by atoms with Crippen molar-refractivity contribution in [3.05, 3.63) is 35.4 Å². The molecule has 0 unspecified atom stereocenters. The average molecular weight is 247 g/mol. The molecule has 0 saturated heterocycles. The van der Waals surface area contributed by atoms with Gasteiger partial charge in [-0.25, -0.2) is 4.79 Å². The number of carbonyl (C=O) groups is 1. The number of amides is 2. The molecular formula is C14H21N3O. The van der Waals surface area contributed by atoms with Gasteiger partial charge in [-0.05, 0) is 30.4 Å². The van der Waals surface area contributed by atoms with Crippen molar-refractivity contribution in [1.82, 2.24) is 10.2 Å². The minimum atomic E-state index is 0.0163. The Morgan fingerprint density at radius 3 is 2.44 bits per heavy atom. The molecule has 0 atom stereocenters. The summed E-state index contributed by atoms with van der Waals surface area (Å²) in [6.45, 7) is 1.18. The van der Waals surface area contributed by atoms with Gasteiger partial charge in [-0.15, -0.1) is 0 Å². The molecule has 18 heavy (non-hydrogen) atoms. The van der Waals surface area contributed by atoms with Crippen LogP contribution in [0.1, 0.15) is 30.4 Å². The van der Waals surface area contributed by atoms with E-state index in [0.717, 1.165) is 24.0 Å². The van der Waals surface area contributed by atoms with Crippen LogP contribution in [-0.4, -0.2) is 24.0 Å². The van der Waals surface area contributed by atoms with Crippen molar-refractivity contribution in [3.8, 4) is 0 Å². The fourth-order valence-corrected chi connectivity index (χ4v) is 1.96. The predicted molar refractivity (Wildman–Crippen MR) is 72.0 cm³/mol. The fraction of sp³-hybridized carbons (Fsp3) is 0.500. The molecule has 3 N–H and O–H groups in total. The lowest BCUT2D eigenvalue weighted by Gasteiger charge is -2.29. The van der Waals surface area contributed by atoms with E-state index in [9.17, 15) is 4.79 Å². The highest BCUT2D eigenvalue weighted by molar-refractivity contribution is 5.74. The third kappa shape index (κ3) is 3.23. The molecule has 1 aliphatic rings. The van der Waals surface area contributed by atoms with Crippen molar-refractivity contribution in [2.45, 2.75) is 38.4 Å². The van der Waals surface area contributed by atoms with Crippen molar-refractivity contribution < 1.29 is 4.79 Å². The maximum atomic E-state index is 11.9. The first kappa shape index (κ1) is 12.9. The summed E-state index contributed by atoms with van der Waals surface area (Å²) in [7, 11) is 1.82. The first-order valence-corrected chi connectivity index (χ1v) is 6.48. The Hall–Kier alpha value is -1.55. The number of hydrogen-bond acceptors (Lipinski definition) is 2. The number of rotatable bonds is 4. The van der Waals surface area contributed by atoms with Crippen LogP contribution in [0.15, 0.2) is 24.3 Å². The highest BCUT2D eigenvalue weighted by atomic mass is 16.2. The lowest BCUT2D eigenvalue weighted by molar-refractivity contribution is 0.195. The molecular weight excluding hydrogens is 226 g/mol. The van der Waals surface area contributed by atoms with E-state index < -0.39 is 0 Å². The van der Waals surface area contributed by atoms with E-state index in [-0.39, 0.29) is 6.03 Å². The number of nitrogens with zero attached hydrogens (tertiary/aromatic N) is 1. The van der Waals surface area contributed by atoms with Crippen LogP contribution in [0.25, 0.3) is 0 Å². The highest BCUT2D eigenvalue weighted by Gasteiger charge is 2.20. The molecule has 0 radical (unpaired) electrons. The smallest absolute Gasteiger partial charge is 0.317 e. The second-order valence-corrected chi connectivity index (χ2v) is 4.95. The Balaban J connectivity index is 1.84. The molecule has 4 heteroatoms. The number of urea groups is 1. The summed E-state index contributed by atoms with van der Waals surface area (Å²) >= 11 is 0. The minimum Gasteiger partial charge on any atom is -0.335 e. The number of nitrogens with one attached hydrogen (secondary N) is 1. The third-order valence-corrected chi connectivity index (χ3v) is 3.46. The summed E-state index contributed by atoms with van der Waals surface area (Å²) in [4.78, 5) is 13.6. The number of benzene rings is 1. The van der Waals surface area contributed by atoms with E-state index in [4.69, 9.17) is 5.73 Å². The SMILES string of the molecule is CN(Cc1ccc(CN)cc1)C(=O)NC1CCC1. The fourth-order valence-electron chi connectivity index (χ4n) is 1.96. The van der Waals surface area contributed by atoms with Crippen LogP contribution in [-0.2, 0) is 13.1 Å². The van der Waals surface area contributed by atoms with Crippen molar-refractivity contribution in [3.63, 3.8) is 0 Å². The Morgan fingerprint density at radius 2 is 1.94 bits per heavy atom. The maximum Gasteiger partial charge on any atom is 0.317 e. The topological polar surface area (TPSA) is 58.4 Å². The molecule has 1 aromatic rings. The number of carbonyl (C=O) groups excluding carboxylic acids is 1. The summed E-state index contributed by atoms with van der Waals surface area (Å²) in [6, 6.07) is 8.46. The van der Waals surface area contributed by atoms with Gasteiger partial charge in [0.05, 0.1) is 0 Å². The summed E-state index contributed by atoms with van der Waals surface area (Å²) in [6.07, 6.45) is 3.46. The minimum absolute atomic E-state index is 0.0163. The van der Waals surface area contributed by atoms with Crippen LogP contribution in [0.5, 0.6) is 0 Å². The lowest BCUT2D eigenvalue weighted by atomic mass is 9.93. The van der Waals surface area contributed by atoms with Crippen molar-refractivity contribution in [1.29, 1.82) is 0 Å². The lowest BCUT2D eigenvalue weighted by Crippen LogP contribution is -2.45. The van der Waals surface area contributed by atoms with E-state index in [1.54, 1.807) is 4.90 Å². The van der Waals surface area contributed by atoms with Gasteiger partial charge >= 0.3 is 6.03 Å². The molecule has 0 heterocycles. The largest absolute Gasteiger partial charge is 0.335 e. The average Bonchev–Trinajstić information content (AvgIpc) is 2.34. The van der Waals surface area contributed by atoms with Gasteiger partial charge in [0.2, 0.25) is 0 Å². The van der Waals surface area contributed by atoms with Crippen LogP contribution in [0.3, 0.4) is 0 Å². The van der Waals surface area contributed by atoms with Crippen LogP contribution in [0, 0.1) is 0 Å². The summed E-state index contributed by atoms with van der Waals surface area (Å²) in [5.74, 6) is 0. The second kappa shape index (κ2) is 5.87. The van der Waals surface area contributed by atoms with Gasteiger partial charge in [-0.3, -0.25) is 0 Å².